The van der Waals surface area contributed by atoms with E-state index in [1.54, 1.807) is 12.1 Å². The number of aryl methyl sites for hydroxylation is 1. The molecule has 0 spiro atoms. The van der Waals surface area contributed by atoms with Gasteiger partial charge in [0.2, 0.25) is 0 Å². The summed E-state index contributed by atoms with van der Waals surface area (Å²) in [6.07, 6.45) is 8.19. The largest absolute Gasteiger partial charge is 0.359 e. The van der Waals surface area contributed by atoms with Crippen LogP contribution in [0.4, 0.5) is 5.69 Å². The van der Waals surface area contributed by atoms with Gasteiger partial charge in [0.15, 0.2) is 0 Å². The van der Waals surface area contributed by atoms with Crippen molar-refractivity contribution in [1.82, 2.24) is 4.90 Å². The molecule has 27 heavy (non-hydrogen) atoms. The Morgan fingerprint density at radius 3 is 2.26 bits per heavy atom. The molecule has 6 nitrogen and oxygen atoms in total. The highest BCUT2D eigenvalue weighted by molar-refractivity contribution is 7.87. The van der Waals surface area contributed by atoms with E-state index in [0.717, 1.165) is 41.8 Å². The number of nitrogens with zero attached hydrogens (tertiary/aromatic N) is 2. The molecule has 2 rings (SSSR count). The van der Waals surface area contributed by atoms with Gasteiger partial charge in [0, 0.05) is 13.1 Å². The van der Waals surface area contributed by atoms with Crippen molar-refractivity contribution in [2.45, 2.75) is 51.9 Å². The van der Waals surface area contributed by atoms with Crippen molar-refractivity contribution >= 4 is 16.0 Å². The first-order chi connectivity index (χ1) is 12.9. The second kappa shape index (κ2) is 11.0. The highest BCUT2D eigenvalue weighted by Crippen LogP contribution is 2.25. The van der Waals surface area contributed by atoms with E-state index < -0.39 is 10.3 Å². The van der Waals surface area contributed by atoms with E-state index >= 15 is 0 Å². The molecule has 0 saturated heterocycles. The molecule has 0 radical (unpaired) electrons. The zero-order valence-corrected chi connectivity index (χ0v) is 17.3. The fourth-order valence-electron chi connectivity index (χ4n) is 3.87. The molecule has 0 heterocycles. The normalized spacial score (nSPS) is 16.0. The van der Waals surface area contributed by atoms with E-state index in [9.17, 15) is 13.0 Å². The van der Waals surface area contributed by atoms with E-state index in [0.29, 0.717) is 18.7 Å². The molecule has 7 heteroatoms. The number of hydrogen-bond donors (Lipinski definition) is 2. The first-order valence-corrected chi connectivity index (χ1v) is 11.5. The summed E-state index contributed by atoms with van der Waals surface area (Å²) in [6, 6.07) is 7.17. The first-order valence-electron chi connectivity index (χ1n) is 10.1. The van der Waals surface area contributed by atoms with E-state index in [1.807, 2.05) is 19.1 Å². The van der Waals surface area contributed by atoms with Gasteiger partial charge in [-0.05, 0) is 70.3 Å². The van der Waals surface area contributed by atoms with Gasteiger partial charge in [-0.1, -0.05) is 37.0 Å². The molecule has 0 aromatic heterocycles. The maximum atomic E-state index is 11.8. The Labute approximate surface area is 164 Å². The summed E-state index contributed by atoms with van der Waals surface area (Å²) in [7, 11) is -4.28. The number of nitrogens with two attached hydrogens (primary N) is 1. The summed E-state index contributed by atoms with van der Waals surface area (Å²) >= 11 is 0. The van der Waals surface area contributed by atoms with Crippen LogP contribution >= 0.6 is 0 Å². The fourth-order valence-corrected chi connectivity index (χ4v) is 4.62. The maximum absolute atomic E-state index is 11.8. The molecule has 0 unspecified atom stereocenters. The molecular weight excluding hydrogens is 362 g/mol. The second-order valence-corrected chi connectivity index (χ2v) is 9.02. The lowest BCUT2D eigenvalue weighted by molar-refractivity contribution is 0.198. The van der Waals surface area contributed by atoms with E-state index in [-0.39, 0.29) is 6.54 Å². The Morgan fingerprint density at radius 1 is 1.04 bits per heavy atom. The lowest BCUT2D eigenvalue weighted by atomic mass is 9.89. The number of benzene rings is 1. The maximum Gasteiger partial charge on any atom is 0.359 e. The van der Waals surface area contributed by atoms with E-state index in [1.165, 1.54) is 32.1 Å². The highest BCUT2D eigenvalue weighted by atomic mass is 32.2. The molecule has 1 aromatic rings. The van der Waals surface area contributed by atoms with Gasteiger partial charge in [-0.3, -0.25) is 4.55 Å². The van der Waals surface area contributed by atoms with Gasteiger partial charge in [0.25, 0.3) is 0 Å². The smallest absolute Gasteiger partial charge is 0.330 e. The van der Waals surface area contributed by atoms with Gasteiger partial charge in [-0.25, -0.2) is 4.31 Å². The monoisotopic (exact) mass is 397 g/mol. The number of anilines is 1. The Morgan fingerprint density at radius 2 is 1.67 bits per heavy atom. The number of rotatable bonds is 11. The minimum absolute atomic E-state index is 0.270. The van der Waals surface area contributed by atoms with Gasteiger partial charge in [-0.15, -0.1) is 0 Å². The summed E-state index contributed by atoms with van der Waals surface area (Å²) in [5, 5.41) is 0. The minimum Gasteiger partial charge on any atom is -0.330 e. The van der Waals surface area contributed by atoms with Crippen molar-refractivity contribution in [2.24, 2.45) is 11.7 Å². The van der Waals surface area contributed by atoms with Gasteiger partial charge in [-0.2, -0.15) is 8.42 Å². The minimum atomic E-state index is -4.28. The van der Waals surface area contributed by atoms with E-state index in [4.69, 9.17) is 5.73 Å². The molecule has 1 aromatic carbocycles. The van der Waals surface area contributed by atoms with Crippen LogP contribution in [0.2, 0.25) is 0 Å². The van der Waals surface area contributed by atoms with Crippen LogP contribution < -0.4 is 10.0 Å². The molecule has 0 bridgehead atoms. The van der Waals surface area contributed by atoms with Crippen LogP contribution in [0, 0.1) is 12.8 Å². The molecule has 0 atom stereocenters. The van der Waals surface area contributed by atoms with Crippen molar-refractivity contribution in [3.05, 3.63) is 29.8 Å². The summed E-state index contributed by atoms with van der Waals surface area (Å²) < 4.78 is 34.4. The molecule has 1 aliphatic carbocycles. The predicted molar refractivity (Wildman–Crippen MR) is 111 cm³/mol. The van der Waals surface area contributed by atoms with Crippen molar-refractivity contribution in [2.75, 3.05) is 37.0 Å². The average Bonchev–Trinajstić information content (AvgIpc) is 2.64. The van der Waals surface area contributed by atoms with Crippen LogP contribution in [-0.2, 0) is 10.3 Å². The van der Waals surface area contributed by atoms with E-state index in [2.05, 4.69) is 4.90 Å². The number of hydrogen-bond acceptors (Lipinski definition) is 4. The molecule has 1 aliphatic rings. The first kappa shape index (κ1) is 22.1. The molecule has 154 valence electrons. The zero-order chi connectivity index (χ0) is 19.7. The third kappa shape index (κ3) is 7.78. The van der Waals surface area contributed by atoms with Gasteiger partial charge in [0.1, 0.15) is 0 Å². The average molecular weight is 398 g/mol. The SMILES string of the molecule is Cc1ccc(N(CCCN(CCCN)CC2CCCCC2)S(=O)(=O)O)cc1. The lowest BCUT2D eigenvalue weighted by Crippen LogP contribution is -2.36. The molecular formula is C20H35N3O3S. The molecule has 0 aliphatic heterocycles. The molecule has 1 saturated carbocycles. The molecule has 0 amide bonds. The Hall–Kier alpha value is -1.15. The topological polar surface area (TPSA) is 86.9 Å². The van der Waals surface area contributed by atoms with Gasteiger partial charge in [0.05, 0.1) is 5.69 Å². The quantitative estimate of drug-likeness (QED) is 0.560. The Bertz CT molecular complexity index is 643. The molecule has 1 fully saturated rings. The standard InChI is InChI=1S/C20H35N3O3S/c1-18-9-11-20(12-10-18)23(27(24,25)26)16-6-15-22(14-5-13-21)17-19-7-3-2-4-8-19/h9-12,19H,2-8,13-17,21H2,1H3,(H,24,25,26). The van der Waals surface area contributed by atoms with Crippen LogP contribution in [0.3, 0.4) is 0 Å². The van der Waals surface area contributed by atoms with Crippen molar-refractivity contribution in [1.29, 1.82) is 0 Å². The fraction of sp³-hybridized carbons (Fsp3) is 0.700. The highest BCUT2D eigenvalue weighted by Gasteiger charge is 2.21. The Kier molecular flexibility index (Phi) is 9.02. The zero-order valence-electron chi connectivity index (χ0n) is 16.5. The van der Waals surface area contributed by atoms with Gasteiger partial charge >= 0.3 is 10.3 Å². The predicted octanol–water partition coefficient (Wildman–Crippen LogP) is 3.23. The van der Waals surface area contributed by atoms with Crippen LogP contribution in [0.25, 0.3) is 0 Å². The van der Waals surface area contributed by atoms with Crippen molar-refractivity contribution in [3.8, 4) is 0 Å². The lowest BCUT2D eigenvalue weighted by Gasteiger charge is -2.30. The third-order valence-electron chi connectivity index (χ3n) is 5.36. The second-order valence-electron chi connectivity index (χ2n) is 7.69. The van der Waals surface area contributed by atoms with Crippen molar-refractivity contribution < 1.29 is 13.0 Å². The van der Waals surface area contributed by atoms with Crippen molar-refractivity contribution in [3.63, 3.8) is 0 Å². The van der Waals surface area contributed by atoms with Crippen LogP contribution in [-0.4, -0.2) is 50.6 Å². The van der Waals surface area contributed by atoms with Crippen LogP contribution in [0.1, 0.15) is 50.5 Å². The summed E-state index contributed by atoms with van der Waals surface area (Å²) in [4.78, 5) is 2.42. The van der Waals surface area contributed by atoms with Crippen LogP contribution in [0.5, 0.6) is 0 Å². The molecule has 3 N–H and O–H groups in total. The van der Waals surface area contributed by atoms with Gasteiger partial charge < -0.3 is 10.6 Å². The Balaban J connectivity index is 1.93. The third-order valence-corrected chi connectivity index (χ3v) is 6.31. The summed E-state index contributed by atoms with van der Waals surface area (Å²) in [5.74, 6) is 0.742. The summed E-state index contributed by atoms with van der Waals surface area (Å²) in [6.45, 7) is 5.71. The van der Waals surface area contributed by atoms with Crippen LogP contribution in [0.15, 0.2) is 24.3 Å². The summed E-state index contributed by atoms with van der Waals surface area (Å²) in [5.41, 5.74) is 7.24.